The van der Waals surface area contributed by atoms with Crippen molar-refractivity contribution in [1.29, 1.82) is 0 Å². The average Bonchev–Trinajstić information content (AvgIpc) is 2.96. The fourth-order valence-electron chi connectivity index (χ4n) is 2.58. The van der Waals surface area contributed by atoms with Crippen LogP contribution in [0.4, 0.5) is 0 Å². The summed E-state index contributed by atoms with van der Waals surface area (Å²) in [5, 5.41) is 5.04. The lowest BCUT2D eigenvalue weighted by Crippen LogP contribution is -2.45. The SMILES string of the molecule is CCCCC(Cn1cncn1)(C(N)=O)c1ccc(Cl)cc1Cl. The number of aromatic nitrogens is 3. The van der Waals surface area contributed by atoms with Crippen molar-refractivity contribution in [1.82, 2.24) is 14.8 Å². The van der Waals surface area contributed by atoms with Crippen LogP contribution in [0, 0.1) is 0 Å². The number of rotatable bonds is 7. The summed E-state index contributed by atoms with van der Waals surface area (Å²) in [6.45, 7) is 2.36. The number of carbonyl (C=O) groups is 1. The highest BCUT2D eigenvalue weighted by molar-refractivity contribution is 6.35. The smallest absolute Gasteiger partial charge is 0.230 e. The Labute approximate surface area is 139 Å². The Hall–Kier alpha value is -1.59. The Bertz CT molecular complexity index is 645. The number of primary amides is 1. The number of nitrogens with zero attached hydrogens (tertiary/aromatic N) is 3. The number of benzene rings is 1. The van der Waals surface area contributed by atoms with Gasteiger partial charge >= 0.3 is 0 Å². The van der Waals surface area contributed by atoms with Crippen molar-refractivity contribution >= 4 is 29.1 Å². The van der Waals surface area contributed by atoms with E-state index in [4.69, 9.17) is 28.9 Å². The maximum absolute atomic E-state index is 12.4. The summed E-state index contributed by atoms with van der Waals surface area (Å²) < 4.78 is 1.60. The minimum Gasteiger partial charge on any atom is -0.369 e. The third-order valence-corrected chi connectivity index (χ3v) is 4.32. The van der Waals surface area contributed by atoms with Gasteiger partial charge < -0.3 is 5.73 Å². The zero-order valence-corrected chi connectivity index (χ0v) is 13.8. The monoisotopic (exact) mass is 340 g/mol. The van der Waals surface area contributed by atoms with Crippen LogP contribution in [0.25, 0.3) is 0 Å². The van der Waals surface area contributed by atoms with Crippen LogP contribution in [0.2, 0.25) is 10.0 Å². The van der Waals surface area contributed by atoms with Gasteiger partial charge in [0.2, 0.25) is 5.91 Å². The summed E-state index contributed by atoms with van der Waals surface area (Å²) in [6, 6.07) is 5.11. The van der Waals surface area contributed by atoms with Gasteiger partial charge in [-0.2, -0.15) is 5.10 Å². The highest BCUT2D eigenvalue weighted by atomic mass is 35.5. The lowest BCUT2D eigenvalue weighted by Gasteiger charge is -2.32. The lowest BCUT2D eigenvalue weighted by molar-refractivity contribution is -0.124. The molecule has 1 aromatic carbocycles. The van der Waals surface area contributed by atoms with Crippen molar-refractivity contribution in [2.24, 2.45) is 5.73 Å². The molecule has 1 amide bonds. The van der Waals surface area contributed by atoms with Crippen LogP contribution < -0.4 is 5.73 Å². The molecule has 0 saturated carbocycles. The summed E-state index contributed by atoms with van der Waals surface area (Å²) in [5.74, 6) is -0.430. The first kappa shape index (κ1) is 16.8. The van der Waals surface area contributed by atoms with Crippen molar-refractivity contribution in [2.75, 3.05) is 0 Å². The molecular formula is C15H18Cl2N4O. The van der Waals surface area contributed by atoms with E-state index < -0.39 is 11.3 Å². The Morgan fingerprint density at radius 2 is 2.18 bits per heavy atom. The molecule has 22 heavy (non-hydrogen) atoms. The quantitative estimate of drug-likeness (QED) is 0.840. The average molecular weight is 341 g/mol. The molecular weight excluding hydrogens is 323 g/mol. The largest absolute Gasteiger partial charge is 0.369 e. The van der Waals surface area contributed by atoms with Crippen LogP contribution in [0.3, 0.4) is 0 Å². The number of amides is 1. The van der Waals surface area contributed by atoms with Crippen molar-refractivity contribution in [3.05, 3.63) is 46.5 Å². The number of hydrogen-bond donors (Lipinski definition) is 1. The molecule has 0 aliphatic heterocycles. The molecule has 0 bridgehead atoms. The molecule has 1 unspecified atom stereocenters. The molecule has 0 fully saturated rings. The van der Waals surface area contributed by atoms with E-state index in [0.717, 1.165) is 12.8 Å². The first-order chi connectivity index (χ1) is 10.5. The van der Waals surface area contributed by atoms with Gasteiger partial charge in [0.15, 0.2) is 0 Å². The van der Waals surface area contributed by atoms with Crippen LogP contribution in [0.1, 0.15) is 31.7 Å². The Morgan fingerprint density at radius 1 is 1.41 bits per heavy atom. The normalized spacial score (nSPS) is 13.8. The second-order valence-electron chi connectivity index (χ2n) is 5.27. The second-order valence-corrected chi connectivity index (χ2v) is 6.11. The molecule has 1 heterocycles. The van der Waals surface area contributed by atoms with E-state index in [9.17, 15) is 4.79 Å². The van der Waals surface area contributed by atoms with Gasteiger partial charge in [-0.25, -0.2) is 4.98 Å². The van der Waals surface area contributed by atoms with E-state index in [2.05, 4.69) is 17.0 Å². The number of unbranched alkanes of at least 4 members (excludes halogenated alkanes) is 1. The van der Waals surface area contributed by atoms with E-state index in [1.165, 1.54) is 6.33 Å². The molecule has 0 aliphatic carbocycles. The van der Waals surface area contributed by atoms with E-state index in [-0.39, 0.29) is 0 Å². The van der Waals surface area contributed by atoms with Gasteiger partial charge in [0.1, 0.15) is 12.7 Å². The topological polar surface area (TPSA) is 73.8 Å². The van der Waals surface area contributed by atoms with Crippen LogP contribution in [-0.2, 0) is 16.8 Å². The Balaban J connectivity index is 2.52. The standard InChI is InChI=1S/C15H18Cl2N4O/c1-2-3-6-15(14(18)22,8-21-10-19-9-20-21)12-5-4-11(16)7-13(12)17/h4-5,7,9-10H,2-3,6,8H2,1H3,(H2,18,22). The molecule has 0 spiro atoms. The molecule has 118 valence electrons. The molecule has 2 aromatic rings. The van der Waals surface area contributed by atoms with E-state index >= 15 is 0 Å². The lowest BCUT2D eigenvalue weighted by atomic mass is 9.75. The number of nitrogens with two attached hydrogens (primary N) is 1. The zero-order chi connectivity index (χ0) is 16.2. The van der Waals surface area contributed by atoms with Gasteiger partial charge in [0, 0.05) is 10.0 Å². The molecule has 7 heteroatoms. The first-order valence-corrected chi connectivity index (χ1v) is 7.83. The van der Waals surface area contributed by atoms with Gasteiger partial charge in [-0.05, 0) is 24.1 Å². The molecule has 2 rings (SSSR count). The van der Waals surface area contributed by atoms with E-state index in [1.807, 2.05) is 0 Å². The number of carbonyl (C=O) groups excluding carboxylic acids is 1. The summed E-state index contributed by atoms with van der Waals surface area (Å²) in [7, 11) is 0. The van der Waals surface area contributed by atoms with Crippen molar-refractivity contribution in [2.45, 2.75) is 38.1 Å². The van der Waals surface area contributed by atoms with Crippen molar-refractivity contribution in [3.8, 4) is 0 Å². The fraction of sp³-hybridized carbons (Fsp3) is 0.400. The second kappa shape index (κ2) is 7.11. The summed E-state index contributed by atoms with van der Waals surface area (Å²) >= 11 is 12.3. The Kier molecular flexibility index (Phi) is 5.42. The van der Waals surface area contributed by atoms with Crippen LogP contribution in [0.5, 0.6) is 0 Å². The molecule has 0 saturated heterocycles. The Morgan fingerprint density at radius 3 is 2.73 bits per heavy atom. The molecule has 2 N–H and O–H groups in total. The van der Waals surface area contributed by atoms with Gasteiger partial charge in [0.05, 0.1) is 12.0 Å². The zero-order valence-electron chi connectivity index (χ0n) is 12.3. The predicted octanol–water partition coefficient (Wildman–Crippen LogP) is 3.20. The maximum Gasteiger partial charge on any atom is 0.230 e. The van der Waals surface area contributed by atoms with Crippen molar-refractivity contribution in [3.63, 3.8) is 0 Å². The molecule has 5 nitrogen and oxygen atoms in total. The van der Waals surface area contributed by atoms with Crippen molar-refractivity contribution < 1.29 is 4.79 Å². The molecule has 1 atom stereocenters. The van der Waals surface area contributed by atoms with E-state index in [0.29, 0.717) is 28.6 Å². The summed E-state index contributed by atoms with van der Waals surface area (Å²) in [6.07, 6.45) is 5.36. The molecule has 0 radical (unpaired) electrons. The summed E-state index contributed by atoms with van der Waals surface area (Å²) in [5.41, 5.74) is 5.51. The molecule has 0 aliphatic rings. The van der Waals surface area contributed by atoms with Crippen LogP contribution in [0.15, 0.2) is 30.9 Å². The molecule has 1 aromatic heterocycles. The highest BCUT2D eigenvalue weighted by Crippen LogP contribution is 2.37. The highest BCUT2D eigenvalue weighted by Gasteiger charge is 2.40. The maximum atomic E-state index is 12.4. The third-order valence-electron chi connectivity index (χ3n) is 3.77. The van der Waals surface area contributed by atoms with Gasteiger partial charge in [0.25, 0.3) is 0 Å². The van der Waals surface area contributed by atoms with Crippen LogP contribution in [-0.4, -0.2) is 20.7 Å². The minimum atomic E-state index is -0.939. The van der Waals surface area contributed by atoms with Gasteiger partial charge in [-0.3, -0.25) is 9.48 Å². The minimum absolute atomic E-state index is 0.295. The number of halogens is 2. The fourth-order valence-corrected chi connectivity index (χ4v) is 3.17. The third kappa shape index (κ3) is 3.42. The summed E-state index contributed by atoms with van der Waals surface area (Å²) in [4.78, 5) is 16.3. The van der Waals surface area contributed by atoms with Gasteiger partial charge in [-0.15, -0.1) is 0 Å². The van der Waals surface area contributed by atoms with Crippen LogP contribution >= 0.6 is 23.2 Å². The van der Waals surface area contributed by atoms with Gasteiger partial charge in [-0.1, -0.05) is 49.0 Å². The number of hydrogen-bond acceptors (Lipinski definition) is 3. The van der Waals surface area contributed by atoms with E-state index in [1.54, 1.807) is 29.2 Å². The first-order valence-electron chi connectivity index (χ1n) is 7.07. The predicted molar refractivity (Wildman–Crippen MR) is 86.9 cm³/mol.